The molecule has 154 valence electrons. The van der Waals surface area contributed by atoms with Gasteiger partial charge in [0.05, 0.1) is 11.1 Å². The summed E-state index contributed by atoms with van der Waals surface area (Å²) >= 11 is 0. The summed E-state index contributed by atoms with van der Waals surface area (Å²) in [5, 5.41) is 5.72. The molecule has 0 fully saturated rings. The Balaban J connectivity index is 1.68. The smallest absolute Gasteiger partial charge is 0.319 e. The zero-order chi connectivity index (χ0) is 20.9. The van der Waals surface area contributed by atoms with Crippen molar-refractivity contribution in [2.45, 2.75) is 33.6 Å². The van der Waals surface area contributed by atoms with Crippen molar-refractivity contribution >= 4 is 23.3 Å². The fourth-order valence-electron chi connectivity index (χ4n) is 3.31. The minimum atomic E-state index is -0.601. The van der Waals surface area contributed by atoms with Crippen molar-refractivity contribution in [1.82, 2.24) is 5.32 Å². The van der Waals surface area contributed by atoms with Crippen LogP contribution in [-0.4, -0.2) is 31.6 Å². The number of nitrogens with one attached hydrogen (secondary N) is 2. The number of fused-ring (bicyclic) bond motifs is 1. The SMILES string of the molecule is CCCN1C(=O)C(C)(C)COc2ccc(NC(=O)NCCc3ccccc3)cc21. The lowest BCUT2D eigenvalue weighted by atomic mass is 9.93. The van der Waals surface area contributed by atoms with Crippen molar-refractivity contribution in [3.63, 3.8) is 0 Å². The largest absolute Gasteiger partial charge is 0.490 e. The lowest BCUT2D eigenvalue weighted by Gasteiger charge is -2.27. The summed E-state index contributed by atoms with van der Waals surface area (Å²) in [6, 6.07) is 15.1. The number of ether oxygens (including phenoxy) is 1. The molecule has 6 nitrogen and oxygen atoms in total. The third-order valence-corrected chi connectivity index (χ3v) is 4.91. The highest BCUT2D eigenvalue weighted by molar-refractivity contribution is 6.00. The highest BCUT2D eigenvalue weighted by Gasteiger charge is 2.37. The molecule has 29 heavy (non-hydrogen) atoms. The maximum atomic E-state index is 13.0. The van der Waals surface area contributed by atoms with Gasteiger partial charge in [-0.2, -0.15) is 0 Å². The Morgan fingerprint density at radius 2 is 1.93 bits per heavy atom. The van der Waals surface area contributed by atoms with Crippen LogP contribution in [0.1, 0.15) is 32.8 Å². The van der Waals surface area contributed by atoms with E-state index in [9.17, 15) is 9.59 Å². The van der Waals surface area contributed by atoms with E-state index in [4.69, 9.17) is 4.74 Å². The summed E-state index contributed by atoms with van der Waals surface area (Å²) in [7, 11) is 0. The van der Waals surface area contributed by atoms with Gasteiger partial charge in [-0.05, 0) is 50.5 Å². The van der Waals surface area contributed by atoms with Crippen LogP contribution in [0.3, 0.4) is 0 Å². The zero-order valence-electron chi connectivity index (χ0n) is 17.3. The van der Waals surface area contributed by atoms with E-state index < -0.39 is 5.41 Å². The highest BCUT2D eigenvalue weighted by Crippen LogP contribution is 2.38. The molecule has 0 spiro atoms. The van der Waals surface area contributed by atoms with Gasteiger partial charge in [0.25, 0.3) is 0 Å². The molecule has 3 amide bonds. The number of rotatable bonds is 6. The molecule has 2 aromatic carbocycles. The predicted molar refractivity (Wildman–Crippen MR) is 116 cm³/mol. The minimum absolute atomic E-state index is 0.0302. The second kappa shape index (κ2) is 8.99. The minimum Gasteiger partial charge on any atom is -0.490 e. The van der Waals surface area contributed by atoms with Crippen LogP contribution in [0.25, 0.3) is 0 Å². The Kier molecular flexibility index (Phi) is 6.42. The molecule has 0 bridgehead atoms. The van der Waals surface area contributed by atoms with E-state index in [1.807, 2.05) is 57.2 Å². The van der Waals surface area contributed by atoms with Gasteiger partial charge < -0.3 is 20.3 Å². The van der Waals surface area contributed by atoms with Crippen molar-refractivity contribution in [3.05, 3.63) is 54.1 Å². The van der Waals surface area contributed by atoms with Crippen LogP contribution in [0.2, 0.25) is 0 Å². The predicted octanol–water partition coefficient (Wildman–Crippen LogP) is 4.21. The van der Waals surface area contributed by atoms with Gasteiger partial charge in [-0.15, -0.1) is 0 Å². The van der Waals surface area contributed by atoms with Crippen LogP contribution in [0.4, 0.5) is 16.2 Å². The normalized spacial score (nSPS) is 15.1. The summed E-state index contributed by atoms with van der Waals surface area (Å²) in [5.41, 5.74) is 1.89. The summed E-state index contributed by atoms with van der Waals surface area (Å²) in [6.07, 6.45) is 1.60. The average Bonchev–Trinajstić information content (AvgIpc) is 2.79. The molecule has 0 aliphatic carbocycles. The van der Waals surface area contributed by atoms with Crippen LogP contribution < -0.4 is 20.3 Å². The number of hydrogen-bond donors (Lipinski definition) is 2. The topological polar surface area (TPSA) is 70.7 Å². The quantitative estimate of drug-likeness (QED) is 0.770. The summed E-state index contributed by atoms with van der Waals surface area (Å²) in [4.78, 5) is 27.0. The van der Waals surface area contributed by atoms with Gasteiger partial charge in [0.15, 0.2) is 0 Å². The van der Waals surface area contributed by atoms with Crippen LogP contribution in [0.5, 0.6) is 5.75 Å². The standard InChI is InChI=1S/C23H29N3O3/c1-4-14-26-19-15-18(10-11-20(19)29-16-23(2,3)21(26)27)25-22(28)24-13-12-17-8-6-5-7-9-17/h5-11,15H,4,12-14,16H2,1-3H3,(H2,24,25,28). The van der Waals surface area contributed by atoms with Crippen molar-refractivity contribution < 1.29 is 14.3 Å². The molecule has 1 heterocycles. The zero-order valence-corrected chi connectivity index (χ0v) is 17.3. The fourth-order valence-corrected chi connectivity index (χ4v) is 3.31. The molecular weight excluding hydrogens is 366 g/mol. The maximum Gasteiger partial charge on any atom is 0.319 e. The molecule has 6 heteroatoms. The molecule has 1 aliphatic rings. The van der Waals surface area contributed by atoms with Gasteiger partial charge in [-0.3, -0.25) is 4.79 Å². The van der Waals surface area contributed by atoms with Crippen LogP contribution >= 0.6 is 0 Å². The second-order valence-corrected chi connectivity index (χ2v) is 7.93. The molecule has 0 radical (unpaired) electrons. The molecule has 0 aromatic heterocycles. The number of nitrogens with zero attached hydrogens (tertiary/aromatic N) is 1. The van der Waals surface area contributed by atoms with E-state index in [2.05, 4.69) is 10.6 Å². The average molecular weight is 396 g/mol. The number of carbonyl (C=O) groups is 2. The first-order chi connectivity index (χ1) is 13.9. The van der Waals surface area contributed by atoms with E-state index in [0.29, 0.717) is 36.8 Å². The molecule has 2 N–H and O–H groups in total. The van der Waals surface area contributed by atoms with Crippen molar-refractivity contribution in [2.75, 3.05) is 29.9 Å². The first-order valence-corrected chi connectivity index (χ1v) is 10.1. The summed E-state index contributed by atoms with van der Waals surface area (Å²) in [6.45, 7) is 7.29. The molecule has 0 saturated carbocycles. The van der Waals surface area contributed by atoms with Gasteiger partial charge in [0, 0.05) is 18.8 Å². The van der Waals surface area contributed by atoms with Crippen molar-refractivity contribution in [1.29, 1.82) is 0 Å². The second-order valence-electron chi connectivity index (χ2n) is 7.93. The molecule has 2 aromatic rings. The monoisotopic (exact) mass is 395 g/mol. The first kappa shape index (κ1) is 20.7. The Labute approximate surface area is 172 Å². The molecule has 0 unspecified atom stereocenters. The third kappa shape index (κ3) is 5.08. The summed E-state index contributed by atoms with van der Waals surface area (Å²) in [5.74, 6) is 0.690. The van der Waals surface area contributed by atoms with Gasteiger partial charge in [0.2, 0.25) is 5.91 Å². The molecule has 0 saturated heterocycles. The van der Waals surface area contributed by atoms with Crippen molar-refractivity contribution in [3.8, 4) is 5.75 Å². The number of benzene rings is 2. The number of urea groups is 1. The number of hydrogen-bond acceptors (Lipinski definition) is 3. The van der Waals surface area contributed by atoms with Gasteiger partial charge in [-0.25, -0.2) is 4.79 Å². The fraction of sp³-hybridized carbons (Fsp3) is 0.391. The molecule has 3 rings (SSSR count). The lowest BCUT2D eigenvalue weighted by molar-refractivity contribution is -0.127. The number of anilines is 2. The van der Waals surface area contributed by atoms with Crippen LogP contribution in [0.15, 0.2) is 48.5 Å². The Bertz CT molecular complexity index is 865. The maximum absolute atomic E-state index is 13.0. The number of carbonyl (C=O) groups excluding carboxylic acids is 2. The Morgan fingerprint density at radius 1 is 1.17 bits per heavy atom. The van der Waals surface area contributed by atoms with E-state index in [0.717, 1.165) is 12.8 Å². The Morgan fingerprint density at radius 3 is 2.66 bits per heavy atom. The first-order valence-electron chi connectivity index (χ1n) is 10.1. The van der Waals surface area contributed by atoms with Crippen LogP contribution in [0, 0.1) is 5.41 Å². The molecule has 1 aliphatic heterocycles. The summed E-state index contributed by atoms with van der Waals surface area (Å²) < 4.78 is 5.89. The van der Waals surface area contributed by atoms with E-state index in [1.54, 1.807) is 17.0 Å². The van der Waals surface area contributed by atoms with Gasteiger partial charge >= 0.3 is 6.03 Å². The lowest BCUT2D eigenvalue weighted by Crippen LogP contribution is -2.42. The van der Waals surface area contributed by atoms with Crippen molar-refractivity contribution in [2.24, 2.45) is 5.41 Å². The highest BCUT2D eigenvalue weighted by atomic mass is 16.5. The number of amides is 3. The van der Waals surface area contributed by atoms with Crippen LogP contribution in [-0.2, 0) is 11.2 Å². The van der Waals surface area contributed by atoms with Gasteiger partial charge in [-0.1, -0.05) is 37.3 Å². The molecule has 0 atom stereocenters. The van der Waals surface area contributed by atoms with E-state index >= 15 is 0 Å². The Hall–Kier alpha value is -3.02. The van der Waals surface area contributed by atoms with Gasteiger partial charge in [0.1, 0.15) is 12.4 Å². The van der Waals surface area contributed by atoms with E-state index in [-0.39, 0.29) is 11.9 Å². The molecular formula is C23H29N3O3. The third-order valence-electron chi connectivity index (χ3n) is 4.91. The van der Waals surface area contributed by atoms with E-state index in [1.165, 1.54) is 5.56 Å².